The Kier molecular flexibility index (Phi) is 3.75. The molecule has 0 unspecified atom stereocenters. The van der Waals surface area contributed by atoms with Gasteiger partial charge in [-0.15, -0.1) is 0 Å². The molecule has 0 fully saturated rings. The number of aromatic nitrogens is 3. The van der Waals surface area contributed by atoms with Crippen LogP contribution >= 0.6 is 31.9 Å². The smallest absolute Gasteiger partial charge is 0.0551 e. The molecule has 0 radical (unpaired) electrons. The highest BCUT2D eigenvalue weighted by molar-refractivity contribution is 9.11. The Morgan fingerprint density at radius 3 is 1.61 bits per heavy atom. The molecule has 0 aliphatic heterocycles. The molecule has 4 rings (SSSR count). The lowest BCUT2D eigenvalue weighted by atomic mass is 10.1. The van der Waals surface area contributed by atoms with E-state index in [-0.39, 0.29) is 0 Å². The number of nitrogens with one attached hydrogen (secondary N) is 1. The van der Waals surface area contributed by atoms with E-state index in [1.165, 1.54) is 10.8 Å². The molecule has 0 bridgehead atoms. The largest absolute Gasteiger partial charge is 0.353 e. The van der Waals surface area contributed by atoms with Crippen molar-refractivity contribution in [1.29, 1.82) is 0 Å². The number of hydrogen-bond donors (Lipinski definition) is 1. The highest BCUT2D eigenvalue weighted by Crippen LogP contribution is 2.39. The Morgan fingerprint density at radius 2 is 1.17 bits per heavy atom. The summed E-state index contributed by atoms with van der Waals surface area (Å²) in [5, 5.41) is 2.36. The van der Waals surface area contributed by atoms with Gasteiger partial charge in [-0.2, -0.15) is 0 Å². The molecule has 0 aliphatic rings. The summed E-state index contributed by atoms with van der Waals surface area (Å²) in [6.45, 7) is 0. The van der Waals surface area contributed by atoms with Gasteiger partial charge in [0.15, 0.2) is 0 Å². The quantitative estimate of drug-likeness (QED) is 0.437. The van der Waals surface area contributed by atoms with Crippen LogP contribution in [0.4, 0.5) is 0 Å². The summed E-state index contributed by atoms with van der Waals surface area (Å²) < 4.78 is 1.93. The summed E-state index contributed by atoms with van der Waals surface area (Å²) >= 11 is 7.19. The SMILES string of the molecule is Brc1cnccc1-c1[nH]c(-c2ccncc2Br)c2ccccc12. The second-order valence-electron chi connectivity index (χ2n) is 5.13. The monoisotopic (exact) mass is 427 g/mol. The Hall–Kier alpha value is -1.98. The number of pyridine rings is 2. The molecule has 0 amide bonds. The molecule has 0 spiro atoms. The molecular formula is C18H11Br2N3. The van der Waals surface area contributed by atoms with Crippen LogP contribution in [0.2, 0.25) is 0 Å². The molecule has 5 heteroatoms. The van der Waals surface area contributed by atoms with E-state index in [0.717, 1.165) is 31.5 Å². The molecule has 3 aromatic heterocycles. The first kappa shape index (κ1) is 14.6. The van der Waals surface area contributed by atoms with Gasteiger partial charge in [-0.3, -0.25) is 9.97 Å². The predicted molar refractivity (Wildman–Crippen MR) is 100 cm³/mol. The number of aromatic amines is 1. The number of halogens is 2. The molecule has 0 atom stereocenters. The van der Waals surface area contributed by atoms with Gasteiger partial charge >= 0.3 is 0 Å². The molecule has 4 aromatic rings. The minimum atomic E-state index is 0.965. The maximum atomic E-state index is 4.15. The number of hydrogen-bond acceptors (Lipinski definition) is 2. The zero-order valence-electron chi connectivity index (χ0n) is 11.9. The standard InChI is InChI=1S/C18H11Br2N3/c19-15-9-21-7-5-13(15)17-11-3-1-2-4-12(11)18(23-17)14-6-8-22-10-16(14)20/h1-10,23H. The number of rotatable bonds is 2. The van der Waals surface area contributed by atoms with E-state index < -0.39 is 0 Å². The third kappa shape index (κ3) is 2.50. The number of fused-ring (bicyclic) bond motifs is 1. The maximum Gasteiger partial charge on any atom is 0.0551 e. The fraction of sp³-hybridized carbons (Fsp3) is 0. The Balaban J connectivity index is 2.06. The normalized spacial score (nSPS) is 11.0. The van der Waals surface area contributed by atoms with Gasteiger partial charge in [0.1, 0.15) is 0 Å². The second kappa shape index (κ2) is 5.91. The van der Waals surface area contributed by atoms with Crippen LogP contribution in [-0.4, -0.2) is 15.0 Å². The van der Waals surface area contributed by atoms with E-state index in [0.29, 0.717) is 0 Å². The van der Waals surface area contributed by atoms with E-state index in [4.69, 9.17) is 0 Å². The zero-order valence-corrected chi connectivity index (χ0v) is 15.1. The van der Waals surface area contributed by atoms with Gasteiger partial charge in [0.25, 0.3) is 0 Å². The highest BCUT2D eigenvalue weighted by Gasteiger charge is 2.16. The van der Waals surface area contributed by atoms with Gasteiger partial charge in [-0.25, -0.2) is 0 Å². The van der Waals surface area contributed by atoms with E-state index in [1.54, 1.807) is 12.4 Å². The molecule has 0 saturated heterocycles. The van der Waals surface area contributed by atoms with E-state index >= 15 is 0 Å². The molecule has 3 nitrogen and oxygen atoms in total. The topological polar surface area (TPSA) is 41.6 Å². The summed E-state index contributed by atoms with van der Waals surface area (Å²) in [6.07, 6.45) is 7.23. The fourth-order valence-corrected chi connectivity index (χ4v) is 3.66. The van der Waals surface area contributed by atoms with Crippen LogP contribution in [0.1, 0.15) is 0 Å². The van der Waals surface area contributed by atoms with Crippen LogP contribution < -0.4 is 0 Å². The van der Waals surface area contributed by atoms with Crippen molar-refractivity contribution in [2.75, 3.05) is 0 Å². The summed E-state index contributed by atoms with van der Waals surface area (Å²) in [5.41, 5.74) is 4.34. The van der Waals surface area contributed by atoms with Crippen molar-refractivity contribution < 1.29 is 0 Å². The summed E-state index contributed by atoms with van der Waals surface area (Å²) in [6, 6.07) is 12.4. The minimum Gasteiger partial charge on any atom is -0.353 e. The lowest BCUT2D eigenvalue weighted by molar-refractivity contribution is 1.28. The van der Waals surface area contributed by atoms with Gasteiger partial charge in [0.2, 0.25) is 0 Å². The Bertz CT molecular complexity index is 929. The van der Waals surface area contributed by atoms with Crippen LogP contribution in [0.25, 0.3) is 33.3 Å². The molecule has 3 heterocycles. The molecule has 0 aliphatic carbocycles. The van der Waals surface area contributed by atoms with Gasteiger partial charge in [-0.05, 0) is 44.0 Å². The van der Waals surface area contributed by atoms with Crippen molar-refractivity contribution in [2.24, 2.45) is 0 Å². The van der Waals surface area contributed by atoms with Crippen molar-refractivity contribution in [2.45, 2.75) is 0 Å². The average Bonchev–Trinajstić information content (AvgIpc) is 2.95. The predicted octanol–water partition coefficient (Wildman–Crippen LogP) is 5.82. The van der Waals surface area contributed by atoms with E-state index in [9.17, 15) is 0 Å². The van der Waals surface area contributed by atoms with Crippen LogP contribution in [0.15, 0.2) is 70.1 Å². The summed E-state index contributed by atoms with van der Waals surface area (Å²) in [7, 11) is 0. The molecular weight excluding hydrogens is 418 g/mol. The van der Waals surface area contributed by atoms with Crippen molar-refractivity contribution in [1.82, 2.24) is 15.0 Å². The zero-order chi connectivity index (χ0) is 15.8. The van der Waals surface area contributed by atoms with Crippen molar-refractivity contribution >= 4 is 42.6 Å². The molecule has 0 saturated carbocycles. The lowest BCUT2D eigenvalue weighted by Crippen LogP contribution is -1.84. The second-order valence-corrected chi connectivity index (χ2v) is 6.84. The van der Waals surface area contributed by atoms with E-state index in [2.05, 4.69) is 71.1 Å². The average molecular weight is 429 g/mol. The lowest BCUT2D eigenvalue weighted by Gasteiger charge is -2.03. The first-order chi connectivity index (χ1) is 11.3. The highest BCUT2D eigenvalue weighted by atomic mass is 79.9. The van der Waals surface area contributed by atoms with Gasteiger partial charge in [0, 0.05) is 55.6 Å². The third-order valence-electron chi connectivity index (χ3n) is 3.80. The third-order valence-corrected chi connectivity index (χ3v) is 5.06. The van der Waals surface area contributed by atoms with Gasteiger partial charge < -0.3 is 4.98 Å². The van der Waals surface area contributed by atoms with Crippen LogP contribution in [0.5, 0.6) is 0 Å². The maximum absolute atomic E-state index is 4.15. The number of nitrogens with zero attached hydrogens (tertiary/aromatic N) is 2. The minimum absolute atomic E-state index is 0.965. The van der Waals surface area contributed by atoms with Crippen molar-refractivity contribution in [3.8, 4) is 22.5 Å². The summed E-state index contributed by atoms with van der Waals surface area (Å²) in [4.78, 5) is 11.9. The molecule has 112 valence electrons. The van der Waals surface area contributed by atoms with Crippen LogP contribution in [0.3, 0.4) is 0 Å². The first-order valence-corrected chi connectivity index (χ1v) is 8.65. The van der Waals surface area contributed by atoms with Crippen LogP contribution in [0, 0.1) is 0 Å². The molecule has 1 aromatic carbocycles. The van der Waals surface area contributed by atoms with Gasteiger partial charge in [-0.1, -0.05) is 24.3 Å². The number of H-pyrrole nitrogens is 1. The fourth-order valence-electron chi connectivity index (χ4n) is 2.76. The summed E-state index contributed by atoms with van der Waals surface area (Å²) in [5.74, 6) is 0. The number of benzene rings is 1. The Morgan fingerprint density at radius 1 is 0.696 bits per heavy atom. The van der Waals surface area contributed by atoms with E-state index in [1.807, 2.05) is 24.5 Å². The van der Waals surface area contributed by atoms with Gasteiger partial charge in [0.05, 0.1) is 11.4 Å². The Labute approximate surface area is 150 Å². The molecule has 23 heavy (non-hydrogen) atoms. The van der Waals surface area contributed by atoms with Crippen molar-refractivity contribution in [3.05, 3.63) is 70.1 Å². The first-order valence-electron chi connectivity index (χ1n) is 7.06. The van der Waals surface area contributed by atoms with Crippen LogP contribution in [-0.2, 0) is 0 Å². The molecule has 1 N–H and O–H groups in total. The van der Waals surface area contributed by atoms with Crippen molar-refractivity contribution in [3.63, 3.8) is 0 Å².